The van der Waals surface area contributed by atoms with Gasteiger partial charge in [0.2, 0.25) is 0 Å². The Bertz CT molecular complexity index is 1930. The minimum atomic E-state index is 0.135. The lowest BCUT2D eigenvalue weighted by molar-refractivity contribution is 0.590. The minimum Gasteiger partial charge on any atom is -0.225 e. The van der Waals surface area contributed by atoms with Crippen LogP contribution < -0.4 is 0 Å². The first-order valence-electron chi connectivity index (χ1n) is 12.8. The summed E-state index contributed by atoms with van der Waals surface area (Å²) in [6.07, 6.45) is 0. The molecule has 0 spiro atoms. The van der Waals surface area contributed by atoms with Crippen LogP contribution in [0.15, 0.2) is 97.1 Å². The minimum absolute atomic E-state index is 0.135. The van der Waals surface area contributed by atoms with Crippen molar-refractivity contribution in [3.05, 3.63) is 114 Å². The number of pyridine rings is 1. The Kier molecular flexibility index (Phi) is 5.99. The first-order chi connectivity index (χ1) is 18.9. The Morgan fingerprint density at radius 3 is 1.79 bits per heavy atom. The van der Waals surface area contributed by atoms with Crippen LogP contribution in [0.25, 0.3) is 53.6 Å². The number of benzene rings is 4. The molecule has 0 bridgehead atoms. The zero-order valence-electron chi connectivity index (χ0n) is 22.0. The molecule has 6 rings (SSSR count). The average molecular weight is 520 g/mol. The maximum absolute atomic E-state index is 9.88. The number of nitrogens with zero attached hydrogens (tertiary/aromatic N) is 3. The van der Waals surface area contributed by atoms with Crippen LogP contribution in [-0.4, -0.2) is 4.98 Å². The van der Waals surface area contributed by atoms with Crippen molar-refractivity contribution in [2.24, 2.45) is 0 Å². The molecule has 0 unspecified atom stereocenters. The van der Waals surface area contributed by atoms with Crippen LogP contribution >= 0.6 is 11.3 Å². The summed E-state index contributed by atoms with van der Waals surface area (Å²) in [6, 6.07) is 38.1. The van der Waals surface area contributed by atoms with Gasteiger partial charge in [0.25, 0.3) is 0 Å². The van der Waals surface area contributed by atoms with E-state index in [0.717, 1.165) is 42.4 Å². The van der Waals surface area contributed by atoms with Crippen LogP contribution in [0.3, 0.4) is 0 Å². The average Bonchev–Trinajstić information content (AvgIpc) is 3.35. The fourth-order valence-electron chi connectivity index (χ4n) is 5.07. The molecule has 39 heavy (non-hydrogen) atoms. The highest BCUT2D eigenvalue weighted by molar-refractivity contribution is 7.26. The highest BCUT2D eigenvalue weighted by atomic mass is 32.1. The second kappa shape index (κ2) is 9.52. The Balaban J connectivity index is 1.44. The summed E-state index contributed by atoms with van der Waals surface area (Å²) in [5.41, 5.74) is 8.37. The molecule has 0 saturated heterocycles. The summed E-state index contributed by atoms with van der Waals surface area (Å²) in [5.74, 6) is 0. The second-order valence-electron chi connectivity index (χ2n) is 10.7. The molecular formula is C35H25N3S. The SMILES string of the molecule is CC(C)(C)c1ccc(-c2ccc(-c3ccc4c(c3)sc3c(-c5ccccc5)c(C#N)nc(C#N)c34)cc2)cc1. The third-order valence-corrected chi connectivity index (χ3v) is 8.36. The summed E-state index contributed by atoms with van der Waals surface area (Å²) >= 11 is 1.61. The molecule has 0 saturated carbocycles. The van der Waals surface area contributed by atoms with Gasteiger partial charge in [-0.3, -0.25) is 0 Å². The summed E-state index contributed by atoms with van der Waals surface area (Å²) in [4.78, 5) is 4.46. The molecule has 0 aliphatic rings. The van der Waals surface area contributed by atoms with Gasteiger partial charge in [-0.25, -0.2) is 4.98 Å². The molecule has 4 heteroatoms. The van der Waals surface area contributed by atoms with Crippen molar-refractivity contribution in [2.75, 3.05) is 0 Å². The van der Waals surface area contributed by atoms with E-state index in [0.29, 0.717) is 5.69 Å². The van der Waals surface area contributed by atoms with E-state index in [-0.39, 0.29) is 11.1 Å². The zero-order valence-corrected chi connectivity index (χ0v) is 22.8. The van der Waals surface area contributed by atoms with Crippen molar-refractivity contribution in [2.45, 2.75) is 26.2 Å². The molecule has 0 fully saturated rings. The molecule has 0 radical (unpaired) electrons. The molecule has 3 nitrogen and oxygen atoms in total. The van der Waals surface area contributed by atoms with Crippen molar-refractivity contribution >= 4 is 31.5 Å². The fraction of sp³-hybridized carbons (Fsp3) is 0.114. The van der Waals surface area contributed by atoms with E-state index in [1.54, 1.807) is 11.3 Å². The summed E-state index contributed by atoms with van der Waals surface area (Å²) in [6.45, 7) is 6.69. The van der Waals surface area contributed by atoms with Crippen LogP contribution in [0, 0.1) is 22.7 Å². The third-order valence-electron chi connectivity index (χ3n) is 7.19. The molecule has 4 aromatic carbocycles. The molecule has 0 atom stereocenters. The van der Waals surface area contributed by atoms with Crippen LogP contribution in [0.4, 0.5) is 0 Å². The molecule has 6 aromatic rings. The monoisotopic (exact) mass is 519 g/mol. The number of nitriles is 2. The van der Waals surface area contributed by atoms with Crippen molar-refractivity contribution in [3.63, 3.8) is 0 Å². The van der Waals surface area contributed by atoms with Crippen LogP contribution in [-0.2, 0) is 5.41 Å². The molecule has 186 valence electrons. The lowest BCUT2D eigenvalue weighted by atomic mass is 9.86. The molecule has 0 amide bonds. The van der Waals surface area contributed by atoms with Crippen molar-refractivity contribution < 1.29 is 0 Å². The molecule has 0 aliphatic carbocycles. The smallest absolute Gasteiger partial charge is 0.151 e. The van der Waals surface area contributed by atoms with Crippen molar-refractivity contribution in [3.8, 4) is 45.5 Å². The Hall–Kier alpha value is -4.77. The van der Waals surface area contributed by atoms with E-state index in [9.17, 15) is 10.5 Å². The topological polar surface area (TPSA) is 60.5 Å². The van der Waals surface area contributed by atoms with Crippen LogP contribution in [0.1, 0.15) is 37.7 Å². The molecule has 0 N–H and O–H groups in total. The number of hydrogen-bond acceptors (Lipinski definition) is 4. The van der Waals surface area contributed by atoms with Gasteiger partial charge in [0.15, 0.2) is 11.4 Å². The van der Waals surface area contributed by atoms with Gasteiger partial charge in [0.1, 0.15) is 12.1 Å². The van der Waals surface area contributed by atoms with E-state index >= 15 is 0 Å². The number of fused-ring (bicyclic) bond motifs is 3. The standard InChI is InChI=1S/C35H25N3S/c1-35(2,3)27-16-13-23(14-17-27)22-9-11-24(12-10-22)26-15-18-28-31(19-26)39-34-32(25-7-5-4-6-8-25)29(20-36)38-30(21-37)33(28)34/h4-19H,1-3H3. The van der Waals surface area contributed by atoms with Gasteiger partial charge < -0.3 is 0 Å². The maximum Gasteiger partial charge on any atom is 0.151 e. The second-order valence-corrected chi connectivity index (χ2v) is 11.7. The Morgan fingerprint density at radius 2 is 1.21 bits per heavy atom. The number of rotatable bonds is 3. The van der Waals surface area contributed by atoms with Gasteiger partial charge in [0, 0.05) is 25.7 Å². The third kappa shape index (κ3) is 4.36. The predicted octanol–water partition coefficient (Wildman–Crippen LogP) is 9.49. The first-order valence-corrected chi connectivity index (χ1v) is 13.7. The van der Waals surface area contributed by atoms with Gasteiger partial charge in [-0.05, 0) is 44.9 Å². The largest absolute Gasteiger partial charge is 0.225 e. The molecule has 2 heterocycles. The van der Waals surface area contributed by atoms with Gasteiger partial charge in [0.05, 0.1) is 0 Å². The summed E-state index contributed by atoms with van der Waals surface area (Å²) in [7, 11) is 0. The molecular weight excluding hydrogens is 494 g/mol. The molecule has 0 aliphatic heterocycles. The number of hydrogen-bond donors (Lipinski definition) is 0. The van der Waals surface area contributed by atoms with Crippen molar-refractivity contribution in [1.29, 1.82) is 10.5 Å². The van der Waals surface area contributed by atoms with E-state index in [1.807, 2.05) is 30.3 Å². The van der Waals surface area contributed by atoms with Gasteiger partial charge in [-0.15, -0.1) is 11.3 Å². The van der Waals surface area contributed by atoms with E-state index in [2.05, 4.69) is 105 Å². The van der Waals surface area contributed by atoms with Crippen molar-refractivity contribution in [1.82, 2.24) is 4.98 Å². The Morgan fingerprint density at radius 1 is 0.641 bits per heavy atom. The number of thiophene rings is 1. The Labute approximate surface area is 232 Å². The van der Waals surface area contributed by atoms with Gasteiger partial charge >= 0.3 is 0 Å². The maximum atomic E-state index is 9.88. The molecule has 2 aromatic heterocycles. The van der Waals surface area contributed by atoms with E-state index in [4.69, 9.17) is 0 Å². The van der Waals surface area contributed by atoms with E-state index < -0.39 is 0 Å². The number of aromatic nitrogens is 1. The van der Waals surface area contributed by atoms with Crippen LogP contribution in [0.2, 0.25) is 0 Å². The summed E-state index contributed by atoms with van der Waals surface area (Å²) in [5, 5.41) is 21.6. The zero-order chi connectivity index (χ0) is 27.1. The first kappa shape index (κ1) is 24.6. The lowest BCUT2D eigenvalue weighted by Crippen LogP contribution is -2.10. The van der Waals surface area contributed by atoms with Crippen LogP contribution in [0.5, 0.6) is 0 Å². The highest BCUT2D eigenvalue weighted by Crippen LogP contribution is 2.43. The quantitative estimate of drug-likeness (QED) is 0.234. The van der Waals surface area contributed by atoms with E-state index in [1.165, 1.54) is 16.7 Å². The fourth-order valence-corrected chi connectivity index (χ4v) is 6.38. The lowest BCUT2D eigenvalue weighted by Gasteiger charge is -2.19. The van der Waals surface area contributed by atoms with Gasteiger partial charge in [-0.1, -0.05) is 112 Å². The summed E-state index contributed by atoms with van der Waals surface area (Å²) < 4.78 is 1.99. The van der Waals surface area contributed by atoms with Gasteiger partial charge in [-0.2, -0.15) is 10.5 Å². The normalized spacial score (nSPS) is 11.4. The highest BCUT2D eigenvalue weighted by Gasteiger charge is 2.20. The predicted molar refractivity (Wildman–Crippen MR) is 162 cm³/mol.